The van der Waals surface area contributed by atoms with Crippen LogP contribution in [0.25, 0.3) is 0 Å². The van der Waals surface area contributed by atoms with Gasteiger partial charge >= 0.3 is 0 Å². The van der Waals surface area contributed by atoms with E-state index in [-0.39, 0.29) is 0 Å². The second-order valence-corrected chi connectivity index (χ2v) is 8.62. The Morgan fingerprint density at radius 2 is 1.62 bits per heavy atom. The van der Waals surface area contributed by atoms with Crippen LogP contribution in [0.1, 0.15) is 50.5 Å². The molecule has 1 aromatic carbocycles. The van der Waals surface area contributed by atoms with Gasteiger partial charge in [-0.05, 0) is 50.3 Å². The normalized spacial score (nSPS) is 29.8. The summed E-state index contributed by atoms with van der Waals surface area (Å²) in [6, 6.07) is 7.34. The molecule has 132 valence electrons. The van der Waals surface area contributed by atoms with Crippen molar-refractivity contribution in [2.45, 2.75) is 63.6 Å². The Bertz CT molecular complexity index is 551. The molecule has 3 fully saturated rings. The first-order valence-corrected chi connectivity index (χ1v) is 10.4. The van der Waals surface area contributed by atoms with Gasteiger partial charge in [-0.1, -0.05) is 48.5 Å². The first kappa shape index (κ1) is 17.1. The van der Waals surface area contributed by atoms with Crippen LogP contribution < -0.4 is 0 Å². The third kappa shape index (κ3) is 3.35. The molecule has 0 spiro atoms. The topological polar surface area (TPSA) is 6.48 Å². The molecule has 4 rings (SSSR count). The Kier molecular flexibility index (Phi) is 5.38. The fourth-order valence-electron chi connectivity index (χ4n) is 5.32. The van der Waals surface area contributed by atoms with Gasteiger partial charge in [-0.15, -0.1) is 0 Å². The maximum absolute atomic E-state index is 6.47. The summed E-state index contributed by atoms with van der Waals surface area (Å²) in [5, 5.41) is 1.64. The van der Waals surface area contributed by atoms with E-state index < -0.39 is 0 Å². The van der Waals surface area contributed by atoms with Crippen LogP contribution in [0.3, 0.4) is 0 Å². The van der Waals surface area contributed by atoms with Gasteiger partial charge in [0.2, 0.25) is 0 Å². The Morgan fingerprint density at radius 3 is 2.38 bits per heavy atom. The van der Waals surface area contributed by atoms with Gasteiger partial charge in [0.25, 0.3) is 0 Å². The molecule has 1 aromatic rings. The van der Waals surface area contributed by atoms with Crippen LogP contribution >= 0.6 is 23.2 Å². The van der Waals surface area contributed by atoms with E-state index in [9.17, 15) is 0 Å². The summed E-state index contributed by atoms with van der Waals surface area (Å²) in [6.45, 7) is 4.56. The zero-order valence-electron chi connectivity index (χ0n) is 14.4. The van der Waals surface area contributed by atoms with Crippen LogP contribution in [0.5, 0.6) is 0 Å². The first-order valence-electron chi connectivity index (χ1n) is 9.65. The summed E-state index contributed by atoms with van der Waals surface area (Å²) >= 11 is 12.9. The predicted molar refractivity (Wildman–Crippen MR) is 102 cm³/mol. The molecular weight excluding hydrogens is 339 g/mol. The van der Waals surface area contributed by atoms with Gasteiger partial charge in [0.1, 0.15) is 0 Å². The van der Waals surface area contributed by atoms with Crippen molar-refractivity contribution in [1.29, 1.82) is 0 Å². The van der Waals surface area contributed by atoms with E-state index in [2.05, 4.69) is 9.80 Å². The summed E-state index contributed by atoms with van der Waals surface area (Å²) < 4.78 is 0. The van der Waals surface area contributed by atoms with Gasteiger partial charge in [-0.3, -0.25) is 9.80 Å². The van der Waals surface area contributed by atoms with Gasteiger partial charge in [0, 0.05) is 47.3 Å². The zero-order chi connectivity index (χ0) is 16.5. The summed E-state index contributed by atoms with van der Waals surface area (Å²) in [6.07, 6.45) is 9.79. The van der Waals surface area contributed by atoms with Gasteiger partial charge in [0.05, 0.1) is 0 Å². The highest BCUT2D eigenvalue weighted by Crippen LogP contribution is 2.39. The van der Waals surface area contributed by atoms with Crippen molar-refractivity contribution in [3.8, 4) is 0 Å². The fourth-order valence-corrected chi connectivity index (χ4v) is 5.84. The molecule has 0 radical (unpaired) electrons. The number of rotatable bonds is 3. The Labute approximate surface area is 156 Å². The smallest absolute Gasteiger partial charge is 0.0465 e. The van der Waals surface area contributed by atoms with E-state index >= 15 is 0 Å². The van der Waals surface area contributed by atoms with Crippen molar-refractivity contribution in [2.75, 3.05) is 19.6 Å². The van der Waals surface area contributed by atoms with Crippen LogP contribution in [0.4, 0.5) is 0 Å². The molecule has 0 bridgehead atoms. The van der Waals surface area contributed by atoms with Crippen molar-refractivity contribution in [1.82, 2.24) is 9.80 Å². The molecule has 3 aliphatic rings. The van der Waals surface area contributed by atoms with Crippen molar-refractivity contribution in [3.05, 3.63) is 33.8 Å². The molecule has 2 saturated heterocycles. The van der Waals surface area contributed by atoms with Crippen molar-refractivity contribution in [2.24, 2.45) is 5.92 Å². The molecule has 1 aliphatic carbocycles. The van der Waals surface area contributed by atoms with E-state index in [1.54, 1.807) is 0 Å². The first-order chi connectivity index (χ1) is 11.7. The van der Waals surface area contributed by atoms with Gasteiger partial charge in [0.15, 0.2) is 0 Å². The molecule has 0 aromatic heterocycles. The van der Waals surface area contributed by atoms with Crippen molar-refractivity contribution in [3.63, 3.8) is 0 Å². The second kappa shape index (κ2) is 7.53. The number of hydrogen-bond acceptors (Lipinski definition) is 2. The lowest BCUT2D eigenvalue weighted by atomic mass is 9.78. The molecule has 4 heteroatoms. The van der Waals surface area contributed by atoms with E-state index in [1.165, 1.54) is 58.0 Å². The van der Waals surface area contributed by atoms with E-state index in [0.29, 0.717) is 6.04 Å². The lowest BCUT2D eigenvalue weighted by Crippen LogP contribution is -2.59. The minimum absolute atomic E-state index is 0.689. The molecule has 2 heterocycles. The van der Waals surface area contributed by atoms with Crippen LogP contribution in [-0.4, -0.2) is 41.5 Å². The minimum Gasteiger partial charge on any atom is -0.298 e. The van der Waals surface area contributed by atoms with E-state index in [4.69, 9.17) is 23.2 Å². The quantitative estimate of drug-likeness (QED) is 0.723. The third-order valence-corrected chi connectivity index (χ3v) is 7.17. The Morgan fingerprint density at radius 1 is 0.875 bits per heavy atom. The molecule has 2 aliphatic heterocycles. The summed E-state index contributed by atoms with van der Waals surface area (Å²) in [5.74, 6) is 0.853. The highest BCUT2D eigenvalue weighted by Gasteiger charge is 2.43. The summed E-state index contributed by atoms with van der Waals surface area (Å²) in [7, 11) is 0. The number of hydrogen-bond donors (Lipinski definition) is 0. The standard InChI is InChI=1S/C20H28Cl2N2/c21-17-8-4-9-18(22)16(17)14-24-13-12-23-11-5-10-19(23)20(24)15-6-2-1-3-7-15/h4,8-9,15,19-20H,1-3,5-7,10-14H2/t19-,20+/m1/s1. The largest absolute Gasteiger partial charge is 0.298 e. The number of benzene rings is 1. The van der Waals surface area contributed by atoms with Crippen molar-refractivity contribution < 1.29 is 0 Å². The number of fused-ring (bicyclic) bond motifs is 1. The highest BCUT2D eigenvalue weighted by atomic mass is 35.5. The summed E-state index contributed by atoms with van der Waals surface area (Å²) in [4.78, 5) is 5.47. The average Bonchev–Trinajstić information content (AvgIpc) is 3.07. The van der Waals surface area contributed by atoms with Gasteiger partial charge in [-0.25, -0.2) is 0 Å². The maximum Gasteiger partial charge on any atom is 0.0465 e. The van der Waals surface area contributed by atoms with Gasteiger partial charge < -0.3 is 0 Å². The molecule has 2 nitrogen and oxygen atoms in total. The molecule has 0 amide bonds. The molecular formula is C20H28Cl2N2. The van der Waals surface area contributed by atoms with Crippen LogP contribution in [0.15, 0.2) is 18.2 Å². The summed E-state index contributed by atoms with van der Waals surface area (Å²) in [5.41, 5.74) is 1.12. The number of nitrogens with zero attached hydrogens (tertiary/aromatic N) is 2. The Balaban J connectivity index is 1.59. The monoisotopic (exact) mass is 366 g/mol. The van der Waals surface area contributed by atoms with Crippen LogP contribution in [-0.2, 0) is 6.54 Å². The highest BCUT2D eigenvalue weighted by molar-refractivity contribution is 6.35. The molecule has 24 heavy (non-hydrogen) atoms. The number of piperazine rings is 1. The minimum atomic E-state index is 0.689. The van der Waals surface area contributed by atoms with Crippen LogP contribution in [0.2, 0.25) is 10.0 Å². The lowest BCUT2D eigenvalue weighted by Gasteiger charge is -2.49. The maximum atomic E-state index is 6.47. The molecule has 0 unspecified atom stereocenters. The van der Waals surface area contributed by atoms with E-state index in [1.807, 2.05) is 18.2 Å². The third-order valence-electron chi connectivity index (χ3n) is 6.46. The van der Waals surface area contributed by atoms with Crippen molar-refractivity contribution >= 4 is 23.2 Å². The number of halogens is 2. The molecule has 0 N–H and O–H groups in total. The predicted octanol–water partition coefficient (Wildman–Crippen LogP) is 5.22. The van der Waals surface area contributed by atoms with E-state index in [0.717, 1.165) is 40.7 Å². The molecule has 2 atom stereocenters. The lowest BCUT2D eigenvalue weighted by molar-refractivity contribution is -0.00377. The Hall–Kier alpha value is -0.280. The van der Waals surface area contributed by atoms with Crippen LogP contribution in [0, 0.1) is 5.92 Å². The molecule has 1 saturated carbocycles. The fraction of sp³-hybridized carbons (Fsp3) is 0.700. The average molecular weight is 367 g/mol. The zero-order valence-corrected chi connectivity index (χ0v) is 15.9. The van der Waals surface area contributed by atoms with Gasteiger partial charge in [-0.2, -0.15) is 0 Å². The second-order valence-electron chi connectivity index (χ2n) is 7.80. The SMILES string of the molecule is Clc1cccc(Cl)c1CN1CCN2CCC[C@@H]2[C@@H]1C1CCCCC1.